The number of ether oxygens (including phenoxy) is 1. The number of likely N-dealkylation sites (N-methyl/N-ethyl adjacent to an activating group) is 1. The number of carbonyl (C=O) groups excluding carboxylic acids is 1. The zero-order valence-electron chi connectivity index (χ0n) is 18.8. The Morgan fingerprint density at radius 3 is 2.71 bits per heavy atom. The van der Waals surface area contributed by atoms with Crippen molar-refractivity contribution in [2.24, 2.45) is 5.92 Å². The number of Topliss-reactive ketones (excluding diaryl/α,β-unsaturated/α-hetero) is 1. The molecule has 0 radical (unpaired) electrons. The average molecular weight is 501 g/mol. The molecular formula is C25H25FN2O4S2. The predicted octanol–water partition coefficient (Wildman–Crippen LogP) is 5.19. The van der Waals surface area contributed by atoms with Crippen molar-refractivity contribution < 1.29 is 22.3 Å². The molecule has 1 aliphatic carbocycles. The topological polar surface area (TPSA) is 76.6 Å². The third-order valence-corrected chi connectivity index (χ3v) is 7.15. The SMILES string of the molecule is CN1CC=C(c2cc3nccc(Oc4ccc(CC(=O)CC5CC5)cc4F)c3s2)CC1.O=S=O. The zero-order chi connectivity index (χ0) is 24.1. The van der Waals surface area contributed by atoms with Gasteiger partial charge < -0.3 is 9.64 Å². The molecule has 5 rings (SSSR count). The van der Waals surface area contributed by atoms with Crippen molar-refractivity contribution in [3.05, 3.63) is 58.9 Å². The molecule has 3 heterocycles. The van der Waals surface area contributed by atoms with Gasteiger partial charge in [0.2, 0.25) is 0 Å². The summed E-state index contributed by atoms with van der Waals surface area (Å²) in [6.07, 6.45) is 8.15. The highest BCUT2D eigenvalue weighted by Crippen LogP contribution is 2.39. The van der Waals surface area contributed by atoms with Crippen molar-refractivity contribution >= 4 is 44.5 Å². The molecule has 2 aromatic heterocycles. The largest absolute Gasteiger partial charge is 0.453 e. The fourth-order valence-corrected chi connectivity index (χ4v) is 5.08. The van der Waals surface area contributed by atoms with Gasteiger partial charge in [-0.05, 0) is 61.6 Å². The number of hydrogen-bond donors (Lipinski definition) is 0. The molecule has 0 saturated heterocycles. The molecular weight excluding hydrogens is 475 g/mol. The molecule has 34 heavy (non-hydrogen) atoms. The first-order valence-corrected chi connectivity index (χ1v) is 12.6. The Balaban J connectivity index is 0.000000868. The van der Waals surface area contributed by atoms with Crippen LogP contribution in [0.25, 0.3) is 15.8 Å². The van der Waals surface area contributed by atoms with Crippen LogP contribution < -0.4 is 4.74 Å². The molecule has 1 aromatic carbocycles. The van der Waals surface area contributed by atoms with E-state index < -0.39 is 17.4 Å². The van der Waals surface area contributed by atoms with Crippen molar-refractivity contribution in [1.29, 1.82) is 0 Å². The number of aromatic nitrogens is 1. The molecule has 0 atom stereocenters. The van der Waals surface area contributed by atoms with Crippen LogP contribution in [-0.2, 0) is 22.8 Å². The summed E-state index contributed by atoms with van der Waals surface area (Å²) in [6, 6.07) is 8.69. The molecule has 6 nitrogen and oxygen atoms in total. The molecule has 9 heteroatoms. The van der Waals surface area contributed by atoms with Gasteiger partial charge in [0.25, 0.3) is 0 Å². The molecule has 0 spiro atoms. The Morgan fingerprint density at radius 2 is 2.03 bits per heavy atom. The van der Waals surface area contributed by atoms with Crippen LogP contribution in [0.1, 0.15) is 36.1 Å². The molecule has 0 bridgehead atoms. The lowest BCUT2D eigenvalue weighted by Gasteiger charge is -2.21. The first kappa shape index (κ1) is 24.4. The van der Waals surface area contributed by atoms with Crippen LogP contribution in [0, 0.1) is 11.7 Å². The fraction of sp³-hybridized carbons (Fsp3) is 0.360. The lowest BCUT2D eigenvalue weighted by atomic mass is 10.0. The van der Waals surface area contributed by atoms with Gasteiger partial charge in [-0.1, -0.05) is 12.1 Å². The number of halogens is 1. The number of hydrogen-bond acceptors (Lipinski definition) is 7. The van der Waals surface area contributed by atoms with E-state index in [2.05, 4.69) is 29.1 Å². The van der Waals surface area contributed by atoms with Crippen LogP contribution in [0.4, 0.5) is 4.39 Å². The van der Waals surface area contributed by atoms with Crippen LogP contribution in [0.3, 0.4) is 0 Å². The Kier molecular flexibility index (Phi) is 7.97. The molecule has 0 N–H and O–H groups in total. The third-order valence-electron chi connectivity index (χ3n) is 5.94. The zero-order valence-corrected chi connectivity index (χ0v) is 20.4. The van der Waals surface area contributed by atoms with Crippen molar-refractivity contribution in [2.45, 2.75) is 32.1 Å². The second-order valence-corrected chi connectivity index (χ2v) is 9.86. The minimum atomic E-state index is -0.750. The van der Waals surface area contributed by atoms with E-state index in [-0.39, 0.29) is 18.0 Å². The summed E-state index contributed by atoms with van der Waals surface area (Å²) in [5.41, 5.74) is 2.89. The molecule has 1 saturated carbocycles. The van der Waals surface area contributed by atoms with Crippen molar-refractivity contribution in [1.82, 2.24) is 9.88 Å². The van der Waals surface area contributed by atoms with Gasteiger partial charge in [-0.25, -0.2) is 4.39 Å². The van der Waals surface area contributed by atoms with Gasteiger partial charge in [0.15, 0.2) is 11.6 Å². The van der Waals surface area contributed by atoms with E-state index in [0.29, 0.717) is 23.7 Å². The van der Waals surface area contributed by atoms with Gasteiger partial charge in [0.05, 0.1) is 10.2 Å². The number of fused-ring (bicyclic) bond motifs is 1. The molecule has 1 fully saturated rings. The summed E-state index contributed by atoms with van der Waals surface area (Å²) in [4.78, 5) is 20.0. The highest BCUT2D eigenvalue weighted by atomic mass is 32.1. The second kappa shape index (κ2) is 11.1. The number of benzene rings is 1. The molecule has 3 aromatic rings. The highest BCUT2D eigenvalue weighted by Gasteiger charge is 2.24. The molecule has 178 valence electrons. The van der Waals surface area contributed by atoms with Gasteiger partial charge in [0.1, 0.15) is 11.5 Å². The smallest absolute Gasteiger partial charge is 0.335 e. The third kappa shape index (κ3) is 6.22. The Morgan fingerprint density at radius 1 is 1.24 bits per heavy atom. The van der Waals surface area contributed by atoms with E-state index in [4.69, 9.17) is 13.2 Å². The maximum Gasteiger partial charge on any atom is 0.335 e. The Hall–Kier alpha value is -2.75. The Labute approximate surface area is 205 Å². The standard InChI is InChI=1S/C25H25FN2O2S.O2S/c1-28-10-7-18(8-11-28)24-15-21-25(31-24)23(6-9-27-21)30-22-5-4-17(14-20(22)26)13-19(29)12-16-2-3-16;1-3-2/h4-7,9,14-16H,2-3,8,10-13H2,1H3;. The van der Waals surface area contributed by atoms with Gasteiger partial charge >= 0.3 is 11.6 Å². The van der Waals surface area contributed by atoms with Gasteiger partial charge in [-0.3, -0.25) is 9.78 Å². The molecule has 2 aliphatic rings. The monoisotopic (exact) mass is 500 g/mol. The van der Waals surface area contributed by atoms with Gasteiger partial charge in [-0.15, -0.1) is 11.3 Å². The number of pyridine rings is 1. The summed E-state index contributed by atoms with van der Waals surface area (Å²) in [6.45, 7) is 1.98. The van der Waals surface area contributed by atoms with E-state index in [1.54, 1.807) is 35.7 Å². The predicted molar refractivity (Wildman–Crippen MR) is 131 cm³/mol. The van der Waals surface area contributed by atoms with Crippen LogP contribution in [-0.4, -0.2) is 44.2 Å². The van der Waals surface area contributed by atoms with Crippen LogP contribution in [0.15, 0.2) is 42.6 Å². The van der Waals surface area contributed by atoms with Gasteiger partial charge in [-0.2, -0.15) is 8.42 Å². The van der Waals surface area contributed by atoms with E-state index in [1.807, 2.05) is 0 Å². The second-order valence-electron chi connectivity index (χ2n) is 8.67. The summed E-state index contributed by atoms with van der Waals surface area (Å²) in [7, 11) is 2.12. The molecule has 0 unspecified atom stereocenters. The Bertz CT molecular complexity index is 1260. The lowest BCUT2D eigenvalue weighted by molar-refractivity contribution is -0.118. The minimum absolute atomic E-state index is 0.166. The summed E-state index contributed by atoms with van der Waals surface area (Å²) >= 11 is 0.888. The van der Waals surface area contributed by atoms with E-state index in [1.165, 1.54) is 16.5 Å². The maximum absolute atomic E-state index is 14.7. The van der Waals surface area contributed by atoms with Crippen LogP contribution in [0.5, 0.6) is 11.5 Å². The lowest BCUT2D eigenvalue weighted by Crippen LogP contribution is -2.23. The first-order chi connectivity index (χ1) is 16.5. The summed E-state index contributed by atoms with van der Waals surface area (Å²) in [5.74, 6) is 1.05. The average Bonchev–Trinajstić information content (AvgIpc) is 3.50. The van der Waals surface area contributed by atoms with E-state index in [0.717, 1.165) is 42.6 Å². The summed E-state index contributed by atoms with van der Waals surface area (Å²) in [5, 5.41) is 0. The van der Waals surface area contributed by atoms with Crippen molar-refractivity contribution in [2.75, 3.05) is 20.1 Å². The van der Waals surface area contributed by atoms with Crippen LogP contribution in [0.2, 0.25) is 0 Å². The van der Waals surface area contributed by atoms with Crippen molar-refractivity contribution in [3.63, 3.8) is 0 Å². The summed E-state index contributed by atoms with van der Waals surface area (Å²) < 4.78 is 38.2. The first-order valence-electron chi connectivity index (χ1n) is 11.1. The number of carbonyl (C=O) groups is 1. The molecule has 1 aliphatic heterocycles. The minimum Gasteiger partial charge on any atom is -0.453 e. The van der Waals surface area contributed by atoms with Crippen molar-refractivity contribution in [3.8, 4) is 11.5 Å². The highest BCUT2D eigenvalue weighted by molar-refractivity contribution is 7.51. The normalized spacial score (nSPS) is 15.9. The van der Waals surface area contributed by atoms with Gasteiger partial charge in [0, 0.05) is 43.1 Å². The van der Waals surface area contributed by atoms with E-state index >= 15 is 0 Å². The number of rotatable bonds is 7. The number of nitrogens with zero attached hydrogens (tertiary/aromatic N) is 2. The van der Waals surface area contributed by atoms with Crippen LogP contribution >= 0.6 is 11.3 Å². The maximum atomic E-state index is 14.7. The van der Waals surface area contributed by atoms with E-state index in [9.17, 15) is 9.18 Å². The number of ketones is 1. The quantitative estimate of drug-likeness (QED) is 0.445. The molecule has 0 amide bonds. The number of thiophene rings is 1. The fourth-order valence-electron chi connectivity index (χ4n) is 3.95.